The highest BCUT2D eigenvalue weighted by Crippen LogP contribution is 2.32. The average molecular weight is 373 g/mol. The molecule has 3 aromatic rings. The van der Waals surface area contributed by atoms with Crippen molar-refractivity contribution in [2.24, 2.45) is 0 Å². The molecule has 0 aliphatic rings. The number of fused-ring (bicyclic) bond motifs is 1. The largest absolute Gasteiger partial charge is 0.496 e. The summed E-state index contributed by atoms with van der Waals surface area (Å²) in [7, 11) is 1.71. The van der Waals surface area contributed by atoms with Crippen molar-refractivity contribution in [2.75, 3.05) is 13.7 Å². The Balaban J connectivity index is 1.93. The van der Waals surface area contributed by atoms with Crippen molar-refractivity contribution in [1.29, 1.82) is 0 Å². The van der Waals surface area contributed by atoms with E-state index >= 15 is 0 Å². The van der Waals surface area contributed by atoms with Gasteiger partial charge in [0.25, 0.3) is 5.91 Å². The maximum atomic E-state index is 11.9. The van der Waals surface area contributed by atoms with E-state index in [0.29, 0.717) is 12.1 Å². The molecule has 0 aromatic heterocycles. The Morgan fingerprint density at radius 1 is 1.00 bits per heavy atom. The molecule has 144 valence electrons. The van der Waals surface area contributed by atoms with E-state index in [1.54, 1.807) is 7.11 Å². The first kappa shape index (κ1) is 19.7. The number of allylic oxidation sites excluding steroid dienone is 1. The molecule has 1 N–H and O–H groups in total. The van der Waals surface area contributed by atoms with Gasteiger partial charge < -0.3 is 10.1 Å². The normalized spacial score (nSPS) is 11.5. The zero-order valence-corrected chi connectivity index (χ0v) is 17.2. The second kappa shape index (κ2) is 8.30. The minimum absolute atomic E-state index is 0.0365. The smallest absolute Gasteiger partial charge is 0.251 e. The quantitative estimate of drug-likeness (QED) is 0.576. The van der Waals surface area contributed by atoms with Crippen LogP contribution in [0.4, 0.5) is 0 Å². The lowest BCUT2D eigenvalue weighted by molar-refractivity contribution is 0.0956. The number of hydrogen-bond acceptors (Lipinski definition) is 2. The summed E-state index contributed by atoms with van der Waals surface area (Å²) < 4.78 is 5.49. The third-order valence-electron chi connectivity index (χ3n) is 5.13. The van der Waals surface area contributed by atoms with Crippen molar-refractivity contribution in [2.45, 2.75) is 27.7 Å². The Morgan fingerprint density at radius 2 is 1.68 bits per heavy atom. The molecule has 0 radical (unpaired) electrons. The van der Waals surface area contributed by atoms with Gasteiger partial charge in [-0.15, -0.1) is 0 Å². The number of ether oxygens (including phenoxy) is 1. The van der Waals surface area contributed by atoms with E-state index in [2.05, 4.69) is 56.4 Å². The van der Waals surface area contributed by atoms with E-state index in [1.807, 2.05) is 31.2 Å². The lowest BCUT2D eigenvalue weighted by Gasteiger charge is -2.13. The number of benzene rings is 3. The zero-order valence-electron chi connectivity index (χ0n) is 17.2. The molecule has 0 aliphatic heterocycles. The van der Waals surface area contributed by atoms with Crippen LogP contribution in [-0.4, -0.2) is 19.6 Å². The third-order valence-corrected chi connectivity index (χ3v) is 5.13. The van der Waals surface area contributed by atoms with Crippen LogP contribution in [0.15, 0.2) is 48.5 Å². The second-order valence-electron chi connectivity index (χ2n) is 7.09. The Kier molecular flexibility index (Phi) is 5.84. The highest BCUT2D eigenvalue weighted by molar-refractivity contribution is 5.95. The van der Waals surface area contributed by atoms with E-state index in [-0.39, 0.29) is 5.91 Å². The Bertz CT molecular complexity index is 1050. The summed E-state index contributed by atoms with van der Waals surface area (Å²) in [5, 5.41) is 5.29. The van der Waals surface area contributed by atoms with Crippen LogP contribution in [0.1, 0.15) is 46.5 Å². The maximum Gasteiger partial charge on any atom is 0.251 e. The second-order valence-corrected chi connectivity index (χ2v) is 7.09. The molecular formula is C25H27NO2. The molecule has 0 heterocycles. The monoisotopic (exact) mass is 373 g/mol. The molecule has 0 aliphatic carbocycles. The zero-order chi connectivity index (χ0) is 20.3. The number of rotatable bonds is 5. The molecule has 0 atom stereocenters. The molecule has 0 bridgehead atoms. The van der Waals surface area contributed by atoms with E-state index in [9.17, 15) is 4.79 Å². The van der Waals surface area contributed by atoms with E-state index in [0.717, 1.165) is 16.9 Å². The fourth-order valence-corrected chi connectivity index (χ4v) is 3.50. The van der Waals surface area contributed by atoms with Gasteiger partial charge in [-0.25, -0.2) is 0 Å². The Morgan fingerprint density at radius 3 is 2.32 bits per heavy atom. The summed E-state index contributed by atoms with van der Waals surface area (Å²) in [6, 6.07) is 16.4. The summed E-state index contributed by atoms with van der Waals surface area (Å²) in [6.07, 6.45) is 2.15. The van der Waals surface area contributed by atoms with E-state index < -0.39 is 0 Å². The van der Waals surface area contributed by atoms with Crippen molar-refractivity contribution in [3.8, 4) is 5.75 Å². The van der Waals surface area contributed by atoms with Crippen LogP contribution in [0, 0.1) is 13.8 Å². The average Bonchev–Trinajstić information content (AvgIpc) is 2.71. The number of nitrogens with one attached hydrogen (secondary N) is 1. The number of carbonyl (C=O) groups is 1. The molecule has 3 heteroatoms. The van der Waals surface area contributed by atoms with Gasteiger partial charge in [0.15, 0.2) is 0 Å². The van der Waals surface area contributed by atoms with Crippen LogP contribution < -0.4 is 10.1 Å². The van der Waals surface area contributed by atoms with Gasteiger partial charge in [0, 0.05) is 12.1 Å². The molecule has 28 heavy (non-hydrogen) atoms. The number of amides is 1. The standard InChI is InChI=1S/C25H27NO2/c1-6-26-25(27)20-9-7-19(8-10-20)13-16(2)21-11-12-22-18(4)24(28-5)14-17(3)23(22)15-21/h7-15H,6H2,1-5H3,(H,26,27)/b16-13+. The molecule has 1 amide bonds. The van der Waals surface area contributed by atoms with Gasteiger partial charge in [-0.3, -0.25) is 4.79 Å². The first-order chi connectivity index (χ1) is 13.4. The lowest BCUT2D eigenvalue weighted by atomic mass is 9.95. The molecular weight excluding hydrogens is 346 g/mol. The minimum atomic E-state index is -0.0365. The van der Waals surface area contributed by atoms with Gasteiger partial charge in [0.05, 0.1) is 7.11 Å². The van der Waals surface area contributed by atoms with Crippen molar-refractivity contribution < 1.29 is 9.53 Å². The first-order valence-corrected chi connectivity index (χ1v) is 9.59. The molecule has 0 fully saturated rings. The topological polar surface area (TPSA) is 38.3 Å². The molecule has 3 aromatic carbocycles. The highest BCUT2D eigenvalue weighted by Gasteiger charge is 2.09. The Labute approximate surface area is 167 Å². The van der Waals surface area contributed by atoms with E-state index in [1.165, 1.54) is 27.5 Å². The van der Waals surface area contributed by atoms with Gasteiger partial charge in [0.2, 0.25) is 0 Å². The number of aryl methyl sites for hydroxylation is 2. The predicted octanol–water partition coefficient (Wildman–Crippen LogP) is 5.78. The molecule has 0 unspecified atom stereocenters. The molecule has 3 nitrogen and oxygen atoms in total. The van der Waals surface area contributed by atoms with Crippen LogP contribution in [0.25, 0.3) is 22.4 Å². The summed E-state index contributed by atoms with van der Waals surface area (Å²) in [5.74, 6) is 0.891. The van der Waals surface area contributed by atoms with Crippen LogP contribution in [-0.2, 0) is 0 Å². The maximum absolute atomic E-state index is 11.9. The first-order valence-electron chi connectivity index (χ1n) is 9.59. The summed E-state index contributed by atoms with van der Waals surface area (Å²) in [4.78, 5) is 11.9. The summed E-state index contributed by atoms with van der Waals surface area (Å²) in [5.41, 5.74) is 6.50. The van der Waals surface area contributed by atoms with Crippen LogP contribution in [0.3, 0.4) is 0 Å². The molecule has 3 rings (SSSR count). The SMILES string of the molecule is CCNC(=O)c1ccc(/C=C(\C)c2ccc3c(C)c(OC)cc(C)c3c2)cc1. The van der Waals surface area contributed by atoms with Gasteiger partial charge in [-0.2, -0.15) is 0 Å². The van der Waals surface area contributed by atoms with Gasteiger partial charge in [-0.05, 0) is 90.6 Å². The van der Waals surface area contributed by atoms with Gasteiger partial charge in [0.1, 0.15) is 5.75 Å². The van der Waals surface area contributed by atoms with Crippen molar-refractivity contribution in [3.05, 3.63) is 76.3 Å². The number of hydrogen-bond donors (Lipinski definition) is 1. The van der Waals surface area contributed by atoms with Crippen LogP contribution in [0.5, 0.6) is 5.75 Å². The van der Waals surface area contributed by atoms with Gasteiger partial charge >= 0.3 is 0 Å². The fraction of sp³-hybridized carbons (Fsp3) is 0.240. The molecule has 0 saturated heterocycles. The van der Waals surface area contributed by atoms with Crippen LogP contribution in [0.2, 0.25) is 0 Å². The summed E-state index contributed by atoms with van der Waals surface area (Å²) >= 11 is 0. The number of methoxy groups -OCH3 is 1. The fourth-order valence-electron chi connectivity index (χ4n) is 3.50. The highest BCUT2D eigenvalue weighted by atomic mass is 16.5. The van der Waals surface area contributed by atoms with Gasteiger partial charge in [-0.1, -0.05) is 30.3 Å². The number of carbonyl (C=O) groups excluding carboxylic acids is 1. The predicted molar refractivity (Wildman–Crippen MR) is 118 cm³/mol. The van der Waals surface area contributed by atoms with Crippen molar-refractivity contribution in [1.82, 2.24) is 5.32 Å². The third kappa shape index (κ3) is 3.94. The Hall–Kier alpha value is -3.07. The lowest BCUT2D eigenvalue weighted by Crippen LogP contribution is -2.22. The minimum Gasteiger partial charge on any atom is -0.496 e. The van der Waals surface area contributed by atoms with Crippen molar-refractivity contribution >= 4 is 28.3 Å². The van der Waals surface area contributed by atoms with Crippen molar-refractivity contribution in [3.63, 3.8) is 0 Å². The molecule has 0 spiro atoms. The van der Waals surface area contributed by atoms with Crippen LogP contribution >= 0.6 is 0 Å². The molecule has 0 saturated carbocycles. The van der Waals surface area contributed by atoms with E-state index in [4.69, 9.17) is 4.74 Å². The summed E-state index contributed by atoms with van der Waals surface area (Å²) in [6.45, 7) is 8.88.